The number of hydrogen-bond donors (Lipinski definition) is 1. The predicted molar refractivity (Wildman–Crippen MR) is 86.7 cm³/mol. The SMILES string of the molecule is CCC(NCc1ccc(C)cc1)c1ccc2c(c1)CCO2. The molecule has 1 aliphatic rings. The molecule has 1 heterocycles. The monoisotopic (exact) mass is 281 g/mol. The zero-order valence-electron chi connectivity index (χ0n) is 12.9. The summed E-state index contributed by atoms with van der Waals surface area (Å²) in [5.74, 6) is 1.06. The summed E-state index contributed by atoms with van der Waals surface area (Å²) >= 11 is 0. The topological polar surface area (TPSA) is 21.3 Å². The molecule has 21 heavy (non-hydrogen) atoms. The Bertz CT molecular complexity index is 603. The molecule has 1 N–H and O–H groups in total. The first-order valence-corrected chi connectivity index (χ1v) is 7.81. The Labute approximate surface area is 127 Å². The fraction of sp³-hybridized carbons (Fsp3) is 0.368. The van der Waals surface area contributed by atoms with Crippen molar-refractivity contribution in [1.29, 1.82) is 0 Å². The zero-order chi connectivity index (χ0) is 14.7. The Balaban J connectivity index is 1.68. The summed E-state index contributed by atoms with van der Waals surface area (Å²) < 4.78 is 5.59. The van der Waals surface area contributed by atoms with Crippen molar-refractivity contribution in [2.24, 2.45) is 0 Å². The van der Waals surface area contributed by atoms with E-state index >= 15 is 0 Å². The van der Waals surface area contributed by atoms with Crippen LogP contribution < -0.4 is 10.1 Å². The number of fused-ring (bicyclic) bond motifs is 1. The van der Waals surface area contributed by atoms with E-state index in [0.29, 0.717) is 6.04 Å². The largest absolute Gasteiger partial charge is 0.493 e. The number of rotatable bonds is 5. The lowest BCUT2D eigenvalue weighted by Gasteiger charge is -2.18. The van der Waals surface area contributed by atoms with Crippen molar-refractivity contribution in [1.82, 2.24) is 5.32 Å². The quantitative estimate of drug-likeness (QED) is 0.888. The summed E-state index contributed by atoms with van der Waals surface area (Å²) in [5, 5.41) is 3.67. The zero-order valence-corrected chi connectivity index (χ0v) is 12.9. The molecule has 0 bridgehead atoms. The van der Waals surface area contributed by atoms with Crippen molar-refractivity contribution in [3.05, 3.63) is 64.7 Å². The molecule has 0 aromatic heterocycles. The molecule has 1 unspecified atom stereocenters. The van der Waals surface area contributed by atoms with Crippen LogP contribution in [0.1, 0.15) is 41.6 Å². The summed E-state index contributed by atoms with van der Waals surface area (Å²) in [6, 6.07) is 15.8. The normalized spacial score (nSPS) is 14.6. The molecule has 2 aromatic rings. The van der Waals surface area contributed by atoms with Crippen LogP contribution in [0, 0.1) is 6.92 Å². The van der Waals surface area contributed by atoms with Gasteiger partial charge in [0.2, 0.25) is 0 Å². The summed E-state index contributed by atoms with van der Waals surface area (Å²) in [5.41, 5.74) is 5.37. The maximum atomic E-state index is 5.59. The highest BCUT2D eigenvalue weighted by Crippen LogP contribution is 2.29. The Hall–Kier alpha value is -1.80. The molecule has 2 nitrogen and oxygen atoms in total. The van der Waals surface area contributed by atoms with Crippen LogP contribution in [0.3, 0.4) is 0 Å². The molecule has 0 fully saturated rings. The van der Waals surface area contributed by atoms with E-state index in [0.717, 1.165) is 31.7 Å². The molecule has 1 atom stereocenters. The first-order chi connectivity index (χ1) is 10.3. The van der Waals surface area contributed by atoms with Gasteiger partial charge in [-0.2, -0.15) is 0 Å². The fourth-order valence-corrected chi connectivity index (χ4v) is 2.87. The third-order valence-corrected chi connectivity index (χ3v) is 4.20. The molecule has 1 aliphatic heterocycles. The highest BCUT2D eigenvalue weighted by molar-refractivity contribution is 5.40. The Kier molecular flexibility index (Phi) is 4.26. The molecule has 0 saturated heterocycles. The van der Waals surface area contributed by atoms with Gasteiger partial charge in [0.25, 0.3) is 0 Å². The van der Waals surface area contributed by atoms with Crippen LogP contribution in [0.2, 0.25) is 0 Å². The highest BCUT2D eigenvalue weighted by atomic mass is 16.5. The highest BCUT2D eigenvalue weighted by Gasteiger charge is 2.15. The van der Waals surface area contributed by atoms with E-state index in [2.05, 4.69) is 61.6 Å². The van der Waals surface area contributed by atoms with Crippen LogP contribution in [-0.4, -0.2) is 6.61 Å². The molecule has 2 aromatic carbocycles. The summed E-state index contributed by atoms with van der Waals surface area (Å²) in [4.78, 5) is 0. The van der Waals surface area contributed by atoms with Crippen molar-refractivity contribution < 1.29 is 4.74 Å². The maximum absolute atomic E-state index is 5.59. The van der Waals surface area contributed by atoms with Gasteiger partial charge in [-0.05, 0) is 36.1 Å². The van der Waals surface area contributed by atoms with Gasteiger partial charge in [-0.25, -0.2) is 0 Å². The van der Waals surface area contributed by atoms with Gasteiger partial charge in [0, 0.05) is 19.0 Å². The van der Waals surface area contributed by atoms with E-state index in [4.69, 9.17) is 4.74 Å². The standard InChI is InChI=1S/C19H23NO/c1-3-18(20-13-15-6-4-14(2)5-7-15)16-8-9-19-17(12-16)10-11-21-19/h4-9,12,18,20H,3,10-11,13H2,1-2H3. The van der Waals surface area contributed by atoms with Gasteiger partial charge in [-0.1, -0.05) is 48.9 Å². The second kappa shape index (κ2) is 6.31. The minimum Gasteiger partial charge on any atom is -0.493 e. The molecule has 0 amide bonds. The summed E-state index contributed by atoms with van der Waals surface area (Å²) in [6.07, 6.45) is 2.13. The molecule has 110 valence electrons. The van der Waals surface area contributed by atoms with Gasteiger partial charge in [0.15, 0.2) is 0 Å². The molecule has 0 spiro atoms. The molecule has 3 rings (SSSR count). The first kappa shape index (κ1) is 14.2. The lowest BCUT2D eigenvalue weighted by Crippen LogP contribution is -2.20. The second-order valence-electron chi connectivity index (χ2n) is 5.79. The van der Waals surface area contributed by atoms with Crippen molar-refractivity contribution in [3.8, 4) is 5.75 Å². The summed E-state index contributed by atoms with van der Waals surface area (Å²) in [6.45, 7) is 6.09. The molecule has 0 radical (unpaired) electrons. The van der Waals surface area contributed by atoms with Crippen LogP contribution in [-0.2, 0) is 13.0 Å². The van der Waals surface area contributed by atoms with Crippen LogP contribution in [0.25, 0.3) is 0 Å². The fourth-order valence-electron chi connectivity index (χ4n) is 2.87. The van der Waals surface area contributed by atoms with Crippen LogP contribution in [0.15, 0.2) is 42.5 Å². The van der Waals surface area contributed by atoms with Gasteiger partial charge in [0.05, 0.1) is 6.61 Å². The number of benzene rings is 2. The van der Waals surface area contributed by atoms with E-state index in [1.54, 1.807) is 0 Å². The van der Waals surface area contributed by atoms with E-state index < -0.39 is 0 Å². The predicted octanol–water partition coefficient (Wildman–Crippen LogP) is 4.17. The van der Waals surface area contributed by atoms with Gasteiger partial charge < -0.3 is 10.1 Å². The Morgan fingerprint density at radius 1 is 1.14 bits per heavy atom. The average molecular weight is 281 g/mol. The smallest absolute Gasteiger partial charge is 0.122 e. The van der Waals surface area contributed by atoms with Crippen LogP contribution in [0.5, 0.6) is 5.75 Å². The van der Waals surface area contributed by atoms with E-state index in [-0.39, 0.29) is 0 Å². The maximum Gasteiger partial charge on any atom is 0.122 e. The minimum absolute atomic E-state index is 0.400. The number of hydrogen-bond acceptors (Lipinski definition) is 2. The van der Waals surface area contributed by atoms with E-state index in [1.807, 2.05) is 0 Å². The van der Waals surface area contributed by atoms with E-state index in [9.17, 15) is 0 Å². The van der Waals surface area contributed by atoms with Gasteiger partial charge in [-0.15, -0.1) is 0 Å². The number of aryl methyl sites for hydroxylation is 1. The summed E-state index contributed by atoms with van der Waals surface area (Å²) in [7, 11) is 0. The third-order valence-electron chi connectivity index (χ3n) is 4.20. The van der Waals surface area contributed by atoms with Crippen molar-refractivity contribution in [3.63, 3.8) is 0 Å². The molecule has 2 heteroatoms. The van der Waals surface area contributed by atoms with Crippen LogP contribution >= 0.6 is 0 Å². The molecule has 0 saturated carbocycles. The first-order valence-electron chi connectivity index (χ1n) is 7.81. The lowest BCUT2D eigenvalue weighted by atomic mass is 10.0. The Morgan fingerprint density at radius 2 is 1.95 bits per heavy atom. The number of nitrogens with one attached hydrogen (secondary N) is 1. The Morgan fingerprint density at radius 3 is 2.71 bits per heavy atom. The molecular weight excluding hydrogens is 258 g/mol. The molecular formula is C19H23NO. The van der Waals surface area contributed by atoms with Gasteiger partial charge in [0.1, 0.15) is 5.75 Å². The van der Waals surface area contributed by atoms with Crippen LogP contribution in [0.4, 0.5) is 0 Å². The van der Waals surface area contributed by atoms with Crippen molar-refractivity contribution in [2.45, 2.75) is 39.3 Å². The van der Waals surface area contributed by atoms with Crippen molar-refractivity contribution in [2.75, 3.05) is 6.61 Å². The molecule has 0 aliphatic carbocycles. The average Bonchev–Trinajstić information content (AvgIpc) is 2.97. The second-order valence-corrected chi connectivity index (χ2v) is 5.79. The van der Waals surface area contributed by atoms with E-state index in [1.165, 1.54) is 22.3 Å². The third kappa shape index (κ3) is 3.27. The van der Waals surface area contributed by atoms with Crippen molar-refractivity contribution >= 4 is 0 Å². The minimum atomic E-state index is 0.400. The lowest BCUT2D eigenvalue weighted by molar-refractivity contribution is 0.356. The number of ether oxygens (including phenoxy) is 1. The van der Waals surface area contributed by atoms with Gasteiger partial charge >= 0.3 is 0 Å². The van der Waals surface area contributed by atoms with Gasteiger partial charge in [-0.3, -0.25) is 0 Å².